The van der Waals surface area contributed by atoms with E-state index in [0.717, 1.165) is 89.3 Å². The highest BCUT2D eigenvalue weighted by molar-refractivity contribution is 6.36. The number of hydrogen-bond acceptors (Lipinski definition) is 3. The van der Waals surface area contributed by atoms with E-state index < -0.39 is 0 Å². The first-order chi connectivity index (χ1) is 19.5. The second-order valence-electron chi connectivity index (χ2n) is 10.1. The molecule has 0 aliphatic heterocycles. The fourth-order valence-electron chi connectivity index (χ4n) is 4.48. The maximum absolute atomic E-state index is 6.59. The van der Waals surface area contributed by atoms with Gasteiger partial charge in [0.1, 0.15) is 0 Å². The van der Waals surface area contributed by atoms with Gasteiger partial charge in [0, 0.05) is 39.7 Å². The zero-order valence-corrected chi connectivity index (χ0v) is 28.7. The summed E-state index contributed by atoms with van der Waals surface area (Å²) in [4.78, 5) is 0. The van der Waals surface area contributed by atoms with Crippen LogP contribution >= 0.6 is 23.2 Å². The van der Waals surface area contributed by atoms with E-state index in [4.69, 9.17) is 28.9 Å². The van der Waals surface area contributed by atoms with Crippen LogP contribution in [0.5, 0.6) is 0 Å². The summed E-state index contributed by atoms with van der Waals surface area (Å²) in [6, 6.07) is 4.29. The number of aromatic nitrogens is 2. The fraction of sp³-hybridized carbons (Fsp3) is 0.514. The molecule has 6 heteroatoms. The predicted molar refractivity (Wildman–Crippen MR) is 185 cm³/mol. The topological polar surface area (TPSA) is 55.9 Å². The Kier molecular flexibility index (Phi) is 20.0. The molecule has 41 heavy (non-hydrogen) atoms. The number of hydrogen-bond donors (Lipinski definition) is 2. The lowest BCUT2D eigenvalue weighted by Gasteiger charge is -2.19. The first-order valence-electron chi connectivity index (χ1n) is 15.2. The van der Waals surface area contributed by atoms with Crippen molar-refractivity contribution in [3.05, 3.63) is 93.5 Å². The minimum absolute atomic E-state index is 0.118. The third-order valence-corrected chi connectivity index (χ3v) is 7.63. The number of allylic oxidation sites excluding steroid dienone is 6. The van der Waals surface area contributed by atoms with E-state index in [9.17, 15) is 0 Å². The molecule has 0 fully saturated rings. The van der Waals surface area contributed by atoms with Crippen molar-refractivity contribution in [2.45, 2.75) is 113 Å². The van der Waals surface area contributed by atoms with E-state index in [1.807, 2.05) is 52.1 Å². The SMILES string of the molecule is C=C(CC)NCC.C=C/C(=C\C(CC(C)c1c(Cl)ccc(C)c1Cl)=C(/C)N)c1cnn(C(CCC)CCC)c1.CC. The summed E-state index contributed by atoms with van der Waals surface area (Å²) in [6.45, 7) is 27.4. The molecule has 2 aromatic rings. The first-order valence-corrected chi connectivity index (χ1v) is 16.0. The lowest BCUT2D eigenvalue weighted by atomic mass is 9.90. The van der Waals surface area contributed by atoms with Gasteiger partial charge >= 0.3 is 0 Å². The highest BCUT2D eigenvalue weighted by Gasteiger charge is 2.18. The van der Waals surface area contributed by atoms with Crippen LogP contribution in [0.1, 0.15) is 123 Å². The van der Waals surface area contributed by atoms with Crippen molar-refractivity contribution in [2.24, 2.45) is 5.73 Å². The van der Waals surface area contributed by atoms with Crippen LogP contribution in [-0.4, -0.2) is 16.3 Å². The van der Waals surface area contributed by atoms with Crippen molar-refractivity contribution < 1.29 is 0 Å². The molecular weight excluding hydrogens is 547 g/mol. The highest BCUT2D eigenvalue weighted by atomic mass is 35.5. The molecule has 0 radical (unpaired) electrons. The van der Waals surface area contributed by atoms with Crippen molar-refractivity contribution in [1.29, 1.82) is 0 Å². The number of rotatable bonds is 14. The van der Waals surface area contributed by atoms with Gasteiger partial charge in [-0.05, 0) is 86.8 Å². The summed E-state index contributed by atoms with van der Waals surface area (Å²) in [6.07, 6.45) is 14.4. The van der Waals surface area contributed by atoms with Gasteiger partial charge in [0.05, 0.1) is 12.2 Å². The van der Waals surface area contributed by atoms with Crippen LogP contribution < -0.4 is 11.1 Å². The van der Waals surface area contributed by atoms with E-state index in [1.165, 1.54) is 0 Å². The summed E-state index contributed by atoms with van der Waals surface area (Å²) in [5.41, 5.74) is 13.3. The van der Waals surface area contributed by atoms with Crippen molar-refractivity contribution in [3.8, 4) is 0 Å². The molecule has 0 spiro atoms. The van der Waals surface area contributed by atoms with Crippen molar-refractivity contribution in [3.63, 3.8) is 0 Å². The maximum atomic E-state index is 6.59. The van der Waals surface area contributed by atoms with Gasteiger partial charge < -0.3 is 11.1 Å². The largest absolute Gasteiger partial charge is 0.402 e. The number of nitrogens with two attached hydrogens (primary N) is 1. The van der Waals surface area contributed by atoms with Gasteiger partial charge in [-0.3, -0.25) is 4.68 Å². The Morgan fingerprint density at radius 1 is 1.12 bits per heavy atom. The molecule has 0 saturated heterocycles. The summed E-state index contributed by atoms with van der Waals surface area (Å²) < 4.78 is 2.10. The van der Waals surface area contributed by atoms with Gasteiger partial charge in [-0.1, -0.05) is 103 Å². The van der Waals surface area contributed by atoms with Crippen LogP contribution in [0.2, 0.25) is 10.0 Å². The van der Waals surface area contributed by atoms with E-state index in [-0.39, 0.29) is 5.92 Å². The summed E-state index contributed by atoms with van der Waals surface area (Å²) in [7, 11) is 0. The van der Waals surface area contributed by atoms with Gasteiger partial charge in [-0.25, -0.2) is 0 Å². The average molecular weight is 604 g/mol. The average Bonchev–Trinajstić information content (AvgIpc) is 3.44. The molecule has 1 heterocycles. The monoisotopic (exact) mass is 602 g/mol. The second-order valence-corrected chi connectivity index (χ2v) is 10.9. The molecule has 230 valence electrons. The molecule has 0 saturated carbocycles. The molecule has 1 unspecified atom stereocenters. The standard InChI is InChI=1S/C27H37Cl2N3.C6H13N.C2H6/c1-7-10-24(11-8-2)32-17-23(16-31-32)21(9-3)15-22(20(6)30)14-19(5)26-25(28)13-12-18(4)27(26)29;1-4-6(3)7-5-2;1-2/h9,12-13,15-17,19,24H,3,7-8,10-11,14,30H2,1-2,4-6H3;7H,3-5H2,1-2H3;1-2H3/b21-15+,22-20+;;. The predicted octanol–water partition coefficient (Wildman–Crippen LogP) is 11.2. The molecule has 0 bridgehead atoms. The molecule has 1 aromatic carbocycles. The highest BCUT2D eigenvalue weighted by Crippen LogP contribution is 2.37. The lowest BCUT2D eigenvalue weighted by molar-refractivity contribution is 0.391. The molecule has 0 aliphatic rings. The minimum atomic E-state index is 0.118. The molecular formula is C35H56Cl2N4. The maximum Gasteiger partial charge on any atom is 0.0568 e. The quantitative estimate of drug-likeness (QED) is 0.211. The smallest absolute Gasteiger partial charge is 0.0568 e. The third-order valence-electron chi connectivity index (χ3n) is 6.80. The first kappa shape index (κ1) is 38.6. The molecule has 0 aliphatic carbocycles. The van der Waals surface area contributed by atoms with Crippen LogP contribution in [-0.2, 0) is 0 Å². The molecule has 3 N–H and O–H groups in total. The van der Waals surface area contributed by atoms with Crippen LogP contribution in [0.3, 0.4) is 0 Å². The van der Waals surface area contributed by atoms with Crippen LogP contribution in [0.15, 0.2) is 66.8 Å². The number of nitrogens with one attached hydrogen (secondary N) is 1. The normalized spacial score (nSPS) is 12.4. The summed E-state index contributed by atoms with van der Waals surface area (Å²) >= 11 is 13.1. The third kappa shape index (κ3) is 13.0. The number of aryl methyl sites for hydroxylation is 1. The minimum Gasteiger partial charge on any atom is -0.402 e. The van der Waals surface area contributed by atoms with Gasteiger partial charge in [-0.15, -0.1) is 0 Å². The Bertz CT molecular complexity index is 1120. The van der Waals surface area contributed by atoms with Gasteiger partial charge in [0.2, 0.25) is 0 Å². The Balaban J connectivity index is 0.00000155. The van der Waals surface area contributed by atoms with Gasteiger partial charge in [-0.2, -0.15) is 5.10 Å². The zero-order valence-electron chi connectivity index (χ0n) is 27.2. The second kappa shape index (κ2) is 21.3. The van der Waals surface area contributed by atoms with E-state index in [2.05, 4.69) is 75.1 Å². The van der Waals surface area contributed by atoms with E-state index in [1.54, 1.807) is 0 Å². The molecule has 1 atom stereocenters. The van der Waals surface area contributed by atoms with Gasteiger partial charge in [0.15, 0.2) is 0 Å². The fourth-order valence-corrected chi connectivity index (χ4v) is 5.22. The number of halogens is 2. The zero-order chi connectivity index (χ0) is 31.5. The van der Waals surface area contributed by atoms with E-state index >= 15 is 0 Å². The van der Waals surface area contributed by atoms with Crippen LogP contribution in [0, 0.1) is 6.92 Å². The number of benzene rings is 1. The summed E-state index contributed by atoms with van der Waals surface area (Å²) in [5.74, 6) is 0.118. The molecule has 2 rings (SSSR count). The molecule has 4 nitrogen and oxygen atoms in total. The molecule has 1 aromatic heterocycles. The van der Waals surface area contributed by atoms with Gasteiger partial charge in [0.25, 0.3) is 0 Å². The van der Waals surface area contributed by atoms with Crippen LogP contribution in [0.25, 0.3) is 5.57 Å². The Hall–Kier alpha value is -2.43. The Morgan fingerprint density at radius 2 is 1.73 bits per heavy atom. The Morgan fingerprint density at radius 3 is 2.20 bits per heavy atom. The number of nitrogens with zero attached hydrogens (tertiary/aromatic N) is 2. The lowest BCUT2D eigenvalue weighted by Crippen LogP contribution is -2.09. The van der Waals surface area contributed by atoms with Crippen molar-refractivity contribution in [2.75, 3.05) is 6.54 Å². The van der Waals surface area contributed by atoms with Crippen molar-refractivity contribution in [1.82, 2.24) is 15.1 Å². The van der Waals surface area contributed by atoms with E-state index in [0.29, 0.717) is 11.1 Å². The Labute approximate surface area is 261 Å². The molecule has 0 amide bonds. The summed E-state index contributed by atoms with van der Waals surface area (Å²) in [5, 5.41) is 9.18. The van der Waals surface area contributed by atoms with Crippen molar-refractivity contribution >= 4 is 28.8 Å². The van der Waals surface area contributed by atoms with Crippen LogP contribution in [0.4, 0.5) is 0 Å².